The number of halogens is 1. The molecule has 6 heteroatoms. The van der Waals surface area contributed by atoms with E-state index in [-0.39, 0.29) is 5.97 Å². The van der Waals surface area contributed by atoms with Crippen LogP contribution in [0.25, 0.3) is 0 Å². The van der Waals surface area contributed by atoms with Crippen LogP contribution in [0.15, 0.2) is 42.5 Å². The molecule has 2 aromatic carbocycles. The molecule has 0 aliphatic rings. The maximum absolute atomic E-state index is 12.1. The van der Waals surface area contributed by atoms with E-state index < -0.39 is 6.04 Å². The molecule has 1 N–H and O–H groups in total. The van der Waals surface area contributed by atoms with E-state index in [1.807, 2.05) is 36.4 Å². The Morgan fingerprint density at radius 3 is 2.38 bits per heavy atom. The maximum Gasteiger partial charge on any atom is 0.327 e. The summed E-state index contributed by atoms with van der Waals surface area (Å²) in [4.78, 5) is 12.1. The first-order chi connectivity index (χ1) is 11.6. The maximum atomic E-state index is 12.1. The minimum Gasteiger partial charge on any atom is -0.493 e. The number of rotatable bonds is 7. The molecule has 0 fully saturated rings. The third-order valence-corrected chi connectivity index (χ3v) is 4.05. The lowest BCUT2D eigenvalue weighted by molar-refractivity contribution is -0.143. The summed E-state index contributed by atoms with van der Waals surface area (Å²) in [5, 5.41) is 3.62. The molecular formula is C18H20ClNO4. The minimum atomic E-state index is -0.583. The first-order valence-electron chi connectivity index (χ1n) is 7.37. The number of carbonyl (C=O) groups is 1. The van der Waals surface area contributed by atoms with Gasteiger partial charge in [-0.25, -0.2) is 4.79 Å². The van der Waals surface area contributed by atoms with Gasteiger partial charge in [-0.2, -0.15) is 0 Å². The van der Waals surface area contributed by atoms with Crippen molar-refractivity contribution in [2.75, 3.05) is 21.3 Å². The molecule has 0 radical (unpaired) electrons. The van der Waals surface area contributed by atoms with Crippen LogP contribution in [0.5, 0.6) is 11.5 Å². The molecule has 0 bridgehead atoms. The van der Waals surface area contributed by atoms with Crippen LogP contribution in [0.3, 0.4) is 0 Å². The van der Waals surface area contributed by atoms with Gasteiger partial charge in [-0.15, -0.1) is 0 Å². The van der Waals surface area contributed by atoms with E-state index in [9.17, 15) is 4.79 Å². The van der Waals surface area contributed by atoms with Gasteiger partial charge in [-0.1, -0.05) is 48.0 Å². The van der Waals surface area contributed by atoms with Gasteiger partial charge < -0.3 is 14.2 Å². The average molecular weight is 350 g/mol. The highest BCUT2D eigenvalue weighted by Crippen LogP contribution is 2.37. The van der Waals surface area contributed by atoms with Crippen molar-refractivity contribution >= 4 is 17.6 Å². The number of methoxy groups -OCH3 is 3. The van der Waals surface area contributed by atoms with Gasteiger partial charge in [0.1, 0.15) is 6.04 Å². The van der Waals surface area contributed by atoms with E-state index in [0.717, 1.165) is 11.1 Å². The number of esters is 1. The Labute approximate surface area is 146 Å². The van der Waals surface area contributed by atoms with Crippen LogP contribution in [0, 0.1) is 0 Å². The molecule has 0 saturated carbocycles. The van der Waals surface area contributed by atoms with Crippen molar-refractivity contribution in [3.8, 4) is 11.5 Å². The average Bonchev–Trinajstić information content (AvgIpc) is 2.63. The smallest absolute Gasteiger partial charge is 0.327 e. The van der Waals surface area contributed by atoms with Gasteiger partial charge in [0.15, 0.2) is 11.5 Å². The van der Waals surface area contributed by atoms with Crippen molar-refractivity contribution in [1.29, 1.82) is 0 Å². The van der Waals surface area contributed by atoms with Crippen molar-refractivity contribution in [2.24, 2.45) is 0 Å². The van der Waals surface area contributed by atoms with Crippen LogP contribution in [-0.2, 0) is 16.1 Å². The molecule has 1 atom stereocenters. The Morgan fingerprint density at radius 2 is 1.79 bits per heavy atom. The van der Waals surface area contributed by atoms with Gasteiger partial charge in [-0.3, -0.25) is 5.32 Å². The molecule has 0 amide bonds. The molecule has 0 aliphatic heterocycles. The lowest BCUT2D eigenvalue weighted by Crippen LogP contribution is -2.29. The first-order valence-corrected chi connectivity index (χ1v) is 7.75. The van der Waals surface area contributed by atoms with Crippen LogP contribution < -0.4 is 14.8 Å². The highest BCUT2D eigenvalue weighted by Gasteiger charge is 2.21. The number of nitrogens with one attached hydrogen (secondary N) is 1. The summed E-state index contributed by atoms with van der Waals surface area (Å²) in [6, 6.07) is 12.4. The summed E-state index contributed by atoms with van der Waals surface area (Å²) >= 11 is 6.37. The normalized spacial score (nSPS) is 11.7. The highest BCUT2D eigenvalue weighted by molar-refractivity contribution is 6.33. The summed E-state index contributed by atoms with van der Waals surface area (Å²) < 4.78 is 15.4. The van der Waals surface area contributed by atoms with Gasteiger partial charge >= 0.3 is 5.97 Å². The van der Waals surface area contributed by atoms with E-state index in [1.165, 1.54) is 14.2 Å². The summed E-state index contributed by atoms with van der Waals surface area (Å²) in [5.41, 5.74) is 1.61. The van der Waals surface area contributed by atoms with E-state index in [1.54, 1.807) is 13.2 Å². The predicted molar refractivity (Wildman–Crippen MR) is 92.6 cm³/mol. The Bertz CT molecular complexity index is 691. The Morgan fingerprint density at radius 1 is 1.08 bits per heavy atom. The van der Waals surface area contributed by atoms with Crippen molar-refractivity contribution < 1.29 is 19.0 Å². The summed E-state index contributed by atoms with van der Waals surface area (Å²) in [6.45, 7) is 0.369. The highest BCUT2D eigenvalue weighted by atomic mass is 35.5. The van der Waals surface area contributed by atoms with Gasteiger partial charge in [0.05, 0.1) is 26.4 Å². The van der Waals surface area contributed by atoms with Crippen molar-refractivity contribution in [3.63, 3.8) is 0 Å². The lowest BCUT2D eigenvalue weighted by atomic mass is 10.1. The van der Waals surface area contributed by atoms with E-state index in [2.05, 4.69) is 5.32 Å². The SMILES string of the molecule is COC(=O)C(NCc1ccc(OC)c(OC)c1Cl)c1ccccc1. The molecule has 0 heterocycles. The monoisotopic (exact) mass is 349 g/mol. The van der Waals surface area contributed by atoms with Crippen molar-refractivity contribution in [1.82, 2.24) is 5.32 Å². The zero-order chi connectivity index (χ0) is 17.5. The molecule has 0 aliphatic carbocycles. The van der Waals surface area contributed by atoms with E-state index >= 15 is 0 Å². The molecule has 24 heavy (non-hydrogen) atoms. The number of hydrogen-bond donors (Lipinski definition) is 1. The summed E-state index contributed by atoms with van der Waals surface area (Å²) in [7, 11) is 4.44. The third-order valence-electron chi connectivity index (χ3n) is 3.63. The van der Waals surface area contributed by atoms with Crippen LogP contribution >= 0.6 is 11.6 Å². The van der Waals surface area contributed by atoms with Crippen molar-refractivity contribution in [3.05, 3.63) is 58.6 Å². The quantitative estimate of drug-likeness (QED) is 0.777. The molecule has 2 rings (SSSR count). The van der Waals surface area contributed by atoms with Gasteiger partial charge in [0.2, 0.25) is 0 Å². The molecule has 0 aromatic heterocycles. The predicted octanol–water partition coefficient (Wildman–Crippen LogP) is 3.36. The van der Waals surface area contributed by atoms with E-state index in [4.69, 9.17) is 25.8 Å². The standard InChI is InChI=1S/C18H20ClNO4/c1-22-14-10-9-13(15(19)17(14)23-2)11-20-16(18(21)24-3)12-7-5-4-6-8-12/h4-10,16,20H,11H2,1-3H3. The molecule has 0 saturated heterocycles. The van der Waals surface area contributed by atoms with Crippen LogP contribution in [0.2, 0.25) is 5.02 Å². The fourth-order valence-electron chi connectivity index (χ4n) is 2.38. The zero-order valence-electron chi connectivity index (χ0n) is 13.8. The van der Waals surface area contributed by atoms with Crippen LogP contribution in [-0.4, -0.2) is 27.3 Å². The number of carbonyl (C=O) groups excluding carboxylic acids is 1. The third kappa shape index (κ3) is 3.99. The largest absolute Gasteiger partial charge is 0.493 e. The Hall–Kier alpha value is -2.24. The second-order valence-corrected chi connectivity index (χ2v) is 5.40. The molecular weight excluding hydrogens is 330 g/mol. The summed E-state index contributed by atoms with van der Waals surface area (Å²) in [6.07, 6.45) is 0. The fourth-order valence-corrected chi connectivity index (χ4v) is 2.68. The molecule has 128 valence electrons. The van der Waals surface area contributed by atoms with Crippen LogP contribution in [0.1, 0.15) is 17.2 Å². The van der Waals surface area contributed by atoms with Gasteiger partial charge in [0, 0.05) is 6.54 Å². The van der Waals surface area contributed by atoms with E-state index in [0.29, 0.717) is 23.1 Å². The molecule has 5 nitrogen and oxygen atoms in total. The zero-order valence-corrected chi connectivity index (χ0v) is 14.6. The van der Waals surface area contributed by atoms with Crippen LogP contribution in [0.4, 0.5) is 0 Å². The second-order valence-electron chi connectivity index (χ2n) is 5.02. The number of ether oxygens (including phenoxy) is 3. The Kier molecular flexibility index (Phi) is 6.46. The first kappa shape index (κ1) is 18.1. The molecule has 1 unspecified atom stereocenters. The Balaban J connectivity index is 2.22. The van der Waals surface area contributed by atoms with Crippen molar-refractivity contribution in [2.45, 2.75) is 12.6 Å². The second kappa shape index (κ2) is 8.57. The number of benzene rings is 2. The minimum absolute atomic E-state index is 0.363. The molecule has 0 spiro atoms. The lowest BCUT2D eigenvalue weighted by Gasteiger charge is -2.18. The van der Waals surface area contributed by atoms with Gasteiger partial charge in [0.25, 0.3) is 0 Å². The number of hydrogen-bond acceptors (Lipinski definition) is 5. The fraction of sp³-hybridized carbons (Fsp3) is 0.278. The molecule has 2 aromatic rings. The summed E-state index contributed by atoms with van der Waals surface area (Å²) in [5.74, 6) is 0.657. The van der Waals surface area contributed by atoms with Gasteiger partial charge in [-0.05, 0) is 17.2 Å². The topological polar surface area (TPSA) is 56.8 Å².